The van der Waals surface area contributed by atoms with Crippen LogP contribution < -0.4 is 5.56 Å². The molecule has 1 aromatic carbocycles. The molecule has 7 heteroatoms. The van der Waals surface area contributed by atoms with E-state index < -0.39 is 5.97 Å². The van der Waals surface area contributed by atoms with E-state index in [9.17, 15) is 9.59 Å². The van der Waals surface area contributed by atoms with Gasteiger partial charge >= 0.3 is 5.97 Å². The van der Waals surface area contributed by atoms with Gasteiger partial charge in [0.05, 0.1) is 18.2 Å². The quantitative estimate of drug-likeness (QED) is 0.835. The molecule has 0 atom stereocenters. The number of fused-ring (bicyclic) bond motifs is 1. The van der Waals surface area contributed by atoms with E-state index in [1.165, 1.54) is 7.11 Å². The summed E-state index contributed by atoms with van der Waals surface area (Å²) in [7, 11) is 1.25. The Labute approximate surface area is 123 Å². The van der Waals surface area contributed by atoms with Gasteiger partial charge in [-0.15, -0.1) is 0 Å². The fourth-order valence-electron chi connectivity index (χ4n) is 1.91. The number of carbonyl (C=O) groups is 1. The number of benzene rings is 1. The number of carbonyl (C=O) groups excluding carboxylic acids is 1. The molecule has 6 nitrogen and oxygen atoms in total. The number of nitrogens with zero attached hydrogens (tertiary/aromatic N) is 2. The van der Waals surface area contributed by atoms with Crippen molar-refractivity contribution in [1.82, 2.24) is 9.78 Å². The Bertz CT molecular complexity index is 711. The van der Waals surface area contributed by atoms with Gasteiger partial charge in [-0.2, -0.15) is 5.10 Å². The summed E-state index contributed by atoms with van der Waals surface area (Å²) in [6.07, 6.45) is 0.300. The number of aliphatic hydroxyl groups is 1. The van der Waals surface area contributed by atoms with Gasteiger partial charge in [0.2, 0.25) is 0 Å². The normalized spacial score (nSPS) is 10.8. The number of methoxy groups -OCH3 is 1. The largest absolute Gasteiger partial charge is 0.468 e. The summed E-state index contributed by atoms with van der Waals surface area (Å²) >= 11 is 3.34. The van der Waals surface area contributed by atoms with Crippen LogP contribution in [-0.4, -0.2) is 34.6 Å². The molecule has 0 saturated carbocycles. The molecule has 20 heavy (non-hydrogen) atoms. The van der Waals surface area contributed by atoms with E-state index >= 15 is 0 Å². The second kappa shape index (κ2) is 6.15. The molecule has 0 amide bonds. The zero-order valence-electron chi connectivity index (χ0n) is 10.8. The first-order valence-corrected chi connectivity index (χ1v) is 6.73. The van der Waals surface area contributed by atoms with Gasteiger partial charge in [0.25, 0.3) is 5.56 Å². The first-order chi connectivity index (χ1) is 9.56. The number of halogens is 1. The lowest BCUT2D eigenvalue weighted by molar-refractivity contribution is -0.141. The van der Waals surface area contributed by atoms with Crippen LogP contribution in [0.25, 0.3) is 10.8 Å². The number of ether oxygens (including phenoxy) is 1. The highest BCUT2D eigenvalue weighted by Crippen LogP contribution is 2.19. The van der Waals surface area contributed by atoms with Gasteiger partial charge in [-0.3, -0.25) is 9.59 Å². The highest BCUT2D eigenvalue weighted by atomic mass is 79.9. The molecule has 2 rings (SSSR count). The molecule has 0 aliphatic carbocycles. The van der Waals surface area contributed by atoms with E-state index in [-0.39, 0.29) is 18.7 Å². The predicted octanol–water partition coefficient (Wildman–Crippen LogP) is 0.867. The smallest absolute Gasteiger partial charge is 0.327 e. The maximum Gasteiger partial charge on any atom is 0.327 e. The van der Waals surface area contributed by atoms with Crippen LogP contribution in [0.5, 0.6) is 0 Å². The number of hydrogen-bond donors (Lipinski definition) is 1. The van der Waals surface area contributed by atoms with Crippen molar-refractivity contribution in [3.63, 3.8) is 0 Å². The Morgan fingerprint density at radius 3 is 2.85 bits per heavy atom. The van der Waals surface area contributed by atoms with Crippen LogP contribution in [0.4, 0.5) is 0 Å². The van der Waals surface area contributed by atoms with Crippen molar-refractivity contribution in [2.45, 2.75) is 13.0 Å². The minimum Gasteiger partial charge on any atom is -0.468 e. The molecule has 0 bridgehead atoms. The van der Waals surface area contributed by atoms with Crippen molar-refractivity contribution in [2.24, 2.45) is 0 Å². The highest BCUT2D eigenvalue weighted by molar-refractivity contribution is 9.10. The lowest BCUT2D eigenvalue weighted by atomic mass is 10.1. The highest BCUT2D eigenvalue weighted by Gasteiger charge is 2.13. The lowest BCUT2D eigenvalue weighted by Crippen LogP contribution is -2.28. The monoisotopic (exact) mass is 340 g/mol. The fraction of sp³-hybridized carbons (Fsp3) is 0.308. The molecule has 0 unspecified atom stereocenters. The number of hydrogen-bond acceptors (Lipinski definition) is 5. The van der Waals surface area contributed by atoms with Gasteiger partial charge in [0.1, 0.15) is 6.54 Å². The molecular weight excluding hydrogens is 328 g/mol. The summed E-state index contributed by atoms with van der Waals surface area (Å²) < 4.78 is 6.42. The summed E-state index contributed by atoms with van der Waals surface area (Å²) in [5, 5.41) is 14.4. The molecule has 2 aromatic rings. The Kier molecular flexibility index (Phi) is 4.51. The van der Waals surface area contributed by atoms with Crippen LogP contribution in [0.1, 0.15) is 5.69 Å². The SMILES string of the molecule is COC(=O)Cn1nc(CCO)c2cc(Br)ccc2c1=O. The number of aliphatic hydroxyl groups excluding tert-OH is 1. The van der Waals surface area contributed by atoms with E-state index in [4.69, 9.17) is 5.11 Å². The zero-order valence-corrected chi connectivity index (χ0v) is 12.4. The fourth-order valence-corrected chi connectivity index (χ4v) is 2.27. The van der Waals surface area contributed by atoms with Crippen LogP contribution in [0.15, 0.2) is 27.5 Å². The molecule has 0 radical (unpaired) electrons. The number of rotatable bonds is 4. The molecule has 0 spiro atoms. The van der Waals surface area contributed by atoms with Crippen LogP contribution in [0, 0.1) is 0 Å². The van der Waals surface area contributed by atoms with Gasteiger partial charge in [0.15, 0.2) is 0 Å². The van der Waals surface area contributed by atoms with Crippen LogP contribution in [0.2, 0.25) is 0 Å². The van der Waals surface area contributed by atoms with Crippen molar-refractivity contribution in [2.75, 3.05) is 13.7 Å². The minimum atomic E-state index is -0.550. The van der Waals surface area contributed by atoms with Crippen molar-refractivity contribution in [3.8, 4) is 0 Å². The summed E-state index contributed by atoms with van der Waals surface area (Å²) in [4.78, 5) is 23.6. The van der Waals surface area contributed by atoms with Gasteiger partial charge in [-0.1, -0.05) is 15.9 Å². The van der Waals surface area contributed by atoms with Crippen LogP contribution in [-0.2, 0) is 22.5 Å². The molecule has 0 saturated heterocycles. The van der Waals surface area contributed by atoms with Gasteiger partial charge in [-0.05, 0) is 18.2 Å². The Balaban J connectivity index is 2.66. The van der Waals surface area contributed by atoms with E-state index in [0.717, 1.165) is 9.15 Å². The molecule has 1 N–H and O–H groups in total. The van der Waals surface area contributed by atoms with Crippen molar-refractivity contribution < 1.29 is 14.6 Å². The maximum atomic E-state index is 12.3. The molecular formula is C13H13BrN2O4. The Morgan fingerprint density at radius 1 is 1.45 bits per heavy atom. The molecule has 1 aromatic heterocycles. The Hall–Kier alpha value is -1.73. The van der Waals surface area contributed by atoms with Crippen LogP contribution in [0.3, 0.4) is 0 Å². The summed E-state index contributed by atoms with van der Waals surface area (Å²) in [6, 6.07) is 5.18. The molecule has 0 aliphatic heterocycles. The summed E-state index contributed by atoms with van der Waals surface area (Å²) in [6.45, 7) is -0.342. The first-order valence-electron chi connectivity index (χ1n) is 5.93. The minimum absolute atomic E-state index is 0.0922. The number of esters is 1. The Morgan fingerprint density at radius 2 is 2.20 bits per heavy atom. The van der Waals surface area contributed by atoms with Crippen molar-refractivity contribution >= 4 is 32.7 Å². The average Bonchev–Trinajstić information content (AvgIpc) is 2.43. The molecule has 0 fully saturated rings. The van der Waals surface area contributed by atoms with Crippen molar-refractivity contribution in [3.05, 3.63) is 38.7 Å². The third-order valence-corrected chi connectivity index (χ3v) is 3.35. The second-order valence-corrected chi connectivity index (χ2v) is 5.06. The van der Waals surface area contributed by atoms with E-state index in [1.54, 1.807) is 18.2 Å². The van der Waals surface area contributed by atoms with Crippen LogP contribution >= 0.6 is 15.9 Å². The first kappa shape index (κ1) is 14.7. The standard InChI is InChI=1S/C13H13BrN2O4/c1-20-12(18)7-16-13(19)9-3-2-8(14)6-10(9)11(15-16)4-5-17/h2-3,6,17H,4-5,7H2,1H3. The van der Waals surface area contributed by atoms with E-state index in [1.807, 2.05) is 0 Å². The molecule has 106 valence electrons. The van der Waals surface area contributed by atoms with Gasteiger partial charge < -0.3 is 9.84 Å². The maximum absolute atomic E-state index is 12.3. The molecule has 0 aliphatic rings. The number of aromatic nitrogens is 2. The van der Waals surface area contributed by atoms with Gasteiger partial charge in [-0.25, -0.2) is 4.68 Å². The molecule has 1 heterocycles. The topological polar surface area (TPSA) is 81.4 Å². The summed E-state index contributed by atoms with van der Waals surface area (Å²) in [5.41, 5.74) is 0.201. The van der Waals surface area contributed by atoms with Gasteiger partial charge in [0, 0.05) is 22.9 Å². The summed E-state index contributed by atoms with van der Waals surface area (Å²) in [5.74, 6) is -0.550. The second-order valence-electron chi connectivity index (χ2n) is 4.15. The van der Waals surface area contributed by atoms with E-state index in [2.05, 4.69) is 25.8 Å². The van der Waals surface area contributed by atoms with Crippen molar-refractivity contribution in [1.29, 1.82) is 0 Å². The van der Waals surface area contributed by atoms with E-state index in [0.29, 0.717) is 22.9 Å². The average molecular weight is 341 g/mol. The zero-order chi connectivity index (χ0) is 14.7. The predicted molar refractivity (Wildman–Crippen MR) is 76.5 cm³/mol. The third kappa shape index (κ3) is 2.88. The third-order valence-electron chi connectivity index (χ3n) is 2.85. The lowest BCUT2D eigenvalue weighted by Gasteiger charge is -2.10.